The van der Waals surface area contributed by atoms with Crippen LogP contribution in [0.5, 0.6) is 0 Å². The van der Waals surface area contributed by atoms with Crippen LogP contribution in [0.2, 0.25) is 0 Å². The Morgan fingerprint density at radius 2 is 0.537 bits per heavy atom. The summed E-state index contributed by atoms with van der Waals surface area (Å²) in [5, 5.41) is 28.7. The number of hydrazone groups is 4. The fourth-order valence-electron chi connectivity index (χ4n) is 18.5. The van der Waals surface area contributed by atoms with Gasteiger partial charge in [-0.05, 0) is 182 Å². The second-order valence-electron chi connectivity index (χ2n) is 43.1. The van der Waals surface area contributed by atoms with Crippen molar-refractivity contribution in [3.05, 3.63) is 210 Å². The van der Waals surface area contributed by atoms with Crippen LogP contribution in [0.25, 0.3) is 35.6 Å². The number of unbranched alkanes of at least 4 members (excludes halogenated alkanes) is 8. The molecule has 0 bridgehead atoms. The van der Waals surface area contributed by atoms with E-state index in [0.29, 0.717) is 46.0 Å². The average Bonchev–Trinajstić information content (AvgIpc) is 1.60. The number of para-hydroxylation sites is 4. The van der Waals surface area contributed by atoms with Gasteiger partial charge in [-0.1, -0.05) is 397 Å². The highest BCUT2D eigenvalue weighted by Gasteiger charge is 2.38. The molecule has 5 aromatic carbocycles. The van der Waals surface area contributed by atoms with Gasteiger partial charge in [0.15, 0.2) is 20.5 Å². The molecule has 4 amide bonds. The molecule has 147 heavy (non-hydrogen) atoms. The third kappa shape index (κ3) is 32.9. The average molecular weight is 2070 g/mol. The van der Waals surface area contributed by atoms with Crippen LogP contribution >= 0.6 is 45.3 Å². The first-order valence-electron chi connectivity index (χ1n) is 55.3. The van der Waals surface area contributed by atoms with Gasteiger partial charge in [0, 0.05) is 74.2 Å². The van der Waals surface area contributed by atoms with Crippen molar-refractivity contribution in [3.63, 3.8) is 0 Å². The lowest BCUT2D eigenvalue weighted by molar-refractivity contribution is -0.115. The van der Waals surface area contributed by atoms with E-state index >= 15 is 0 Å². The van der Waals surface area contributed by atoms with Crippen LogP contribution in [0.15, 0.2) is 188 Å². The first kappa shape index (κ1) is 118. The van der Waals surface area contributed by atoms with Gasteiger partial charge in [0.2, 0.25) is 0 Å². The van der Waals surface area contributed by atoms with Gasteiger partial charge in [0.05, 0.1) is 110 Å². The van der Waals surface area contributed by atoms with Crippen molar-refractivity contribution < 1.29 is 19.2 Å². The Morgan fingerprint density at radius 1 is 0.293 bits per heavy atom. The molecule has 20 nitrogen and oxygen atoms in total. The predicted molar refractivity (Wildman–Crippen MR) is 636 cm³/mol. The minimum atomic E-state index is -0.145. The van der Waals surface area contributed by atoms with E-state index < -0.39 is 0 Å². The molecule has 8 heterocycles. The molecule has 0 radical (unpaired) electrons. The zero-order chi connectivity index (χ0) is 107. The van der Waals surface area contributed by atoms with Crippen molar-refractivity contribution in [2.75, 3.05) is 92.0 Å². The molecule has 4 aliphatic heterocycles. The summed E-state index contributed by atoms with van der Waals surface area (Å²) >= 11 is 6.86. The number of hydrogen-bond donors (Lipinski definition) is 0. The Kier molecular flexibility index (Phi) is 46.6. The number of carbonyl (C=O) groups excluding carboxylic acids is 4. The molecule has 0 saturated carbocycles. The van der Waals surface area contributed by atoms with Crippen molar-refractivity contribution in [1.29, 1.82) is 0 Å². The first-order valence-corrected chi connectivity index (χ1v) is 58.6. The molecule has 24 heteroatoms. The summed E-state index contributed by atoms with van der Waals surface area (Å²) < 4.78 is 0. The zero-order valence-electron chi connectivity index (χ0n) is 94.0. The van der Waals surface area contributed by atoms with E-state index in [1.165, 1.54) is 118 Å². The normalized spacial score (nSPS) is 15.9. The molecule has 4 unspecified atom stereocenters. The van der Waals surface area contributed by atoms with Crippen LogP contribution in [0, 0.1) is 30.6 Å². The number of amides is 4. The summed E-state index contributed by atoms with van der Waals surface area (Å²) in [5.74, 6) is 2.32. The molecule has 794 valence electrons. The molecule has 0 fully saturated rings. The summed E-state index contributed by atoms with van der Waals surface area (Å²) in [6.45, 7) is 65.1. The number of benzene rings is 5. The number of aromatic nitrogens is 4. The Hall–Kier alpha value is -10.7. The van der Waals surface area contributed by atoms with E-state index in [1.807, 2.05) is 186 Å². The molecule has 0 spiro atoms. The molecule has 0 N–H and O–H groups in total. The first-order chi connectivity index (χ1) is 70.5. The summed E-state index contributed by atoms with van der Waals surface area (Å²) in [4.78, 5) is 88.7. The number of carbonyl (C=O) groups is 4. The summed E-state index contributed by atoms with van der Waals surface area (Å²) in [7, 11) is 0. The topological polar surface area (TPSA) is 195 Å². The van der Waals surface area contributed by atoms with Crippen molar-refractivity contribution in [3.8, 4) is 11.3 Å². The lowest BCUT2D eigenvalue weighted by atomic mass is 9.91. The van der Waals surface area contributed by atoms with Gasteiger partial charge in [-0.15, -0.1) is 0 Å². The van der Waals surface area contributed by atoms with Crippen LogP contribution in [0.1, 0.15) is 369 Å². The van der Waals surface area contributed by atoms with Crippen molar-refractivity contribution in [2.45, 2.75) is 350 Å². The van der Waals surface area contributed by atoms with Gasteiger partial charge in [-0.3, -0.25) is 19.2 Å². The Labute approximate surface area is 899 Å². The van der Waals surface area contributed by atoms with Gasteiger partial charge in [0.25, 0.3) is 23.6 Å². The fraction of sp³-hybridized carbons (Fsp3) is 0.528. The van der Waals surface area contributed by atoms with Crippen LogP contribution in [0.4, 0.5) is 43.3 Å². The quantitative estimate of drug-likeness (QED) is 0.0328. The van der Waals surface area contributed by atoms with E-state index in [1.54, 1.807) is 50.4 Å². The molecular formula is C123H174N16O4S4. The predicted octanol–water partition coefficient (Wildman–Crippen LogP) is 33.0. The van der Waals surface area contributed by atoms with E-state index in [0.717, 1.165) is 223 Å². The van der Waals surface area contributed by atoms with E-state index in [2.05, 4.69) is 204 Å². The third-order valence-electron chi connectivity index (χ3n) is 27.7. The molecule has 13 rings (SSSR count). The van der Waals surface area contributed by atoms with Crippen LogP contribution in [-0.4, -0.2) is 119 Å². The largest absolute Gasteiger partial charge is 0.348 e. The van der Waals surface area contributed by atoms with Crippen molar-refractivity contribution in [2.24, 2.45) is 44.1 Å². The van der Waals surface area contributed by atoms with Crippen LogP contribution in [-0.2, 0) is 35.4 Å². The Morgan fingerprint density at radius 3 is 0.816 bits per heavy atom. The number of aryl methyl sites for hydroxylation is 1. The molecule has 4 atom stereocenters. The van der Waals surface area contributed by atoms with E-state index in [-0.39, 0.29) is 39.9 Å². The molecular weight excluding hydrogens is 1890 g/mol. The molecule has 0 aliphatic carbocycles. The number of rotatable bonds is 49. The van der Waals surface area contributed by atoms with Gasteiger partial charge >= 0.3 is 0 Å². The summed E-state index contributed by atoms with van der Waals surface area (Å²) in [6.07, 6.45) is 37.2. The standard InChI is InChI=1S/C35H54N4OS.C34H52N4OS.C28H32N4OS.C26H36N4OS/c1-10-14-19-27(12-3)23-38(24-28(13-4)20-15-11-2)34-36-32(35(7,8)9)31(41-34)22-29-26(6)37-39(33(29)40)30-21-17-16-18-25(30)5;1-9-13-18-26(11-3)23-37(24-27(12-4)19-14-10-2)33-35-31(34(6,7)8)30(40-33)22-29-25(5)36-38(32(29)39)28-20-16-15-17-21-28;1-4-6-18-31(19-7-5-2)28-29-26(22-14-10-8-11-15-22)25(34-28)20-24-21(3)30-32(27(24)33)23-16-12-9-13-17-23;1-7-9-16-29(17-10-8-2)25-27-23(26(4,5)6)22(32-25)18-21-19(3)28-30(24(21)31)20-14-12-11-13-15-20/h16-18,21-22,27-28H,10-15,19-20,23-24H2,1-9H3;15-17,20-22,26-27H,9-14,18-19,23-24H2,1-8H3;8-17,20H,4-7,18-19H2,1-3H3;11-15,18H,7-10,16-17H2,1-6H3/b2*29-22-;24-20-;21-18-. The highest BCUT2D eigenvalue weighted by molar-refractivity contribution is 7.18. The minimum Gasteiger partial charge on any atom is -0.348 e. The molecule has 4 aromatic heterocycles. The second kappa shape index (κ2) is 57.9. The minimum absolute atomic E-state index is 0.0697. The third-order valence-corrected chi connectivity index (χ3v) is 32.0. The van der Waals surface area contributed by atoms with Crippen LogP contribution < -0.4 is 39.6 Å². The summed E-state index contributed by atoms with van der Waals surface area (Å²) in [5.41, 5.74) is 14.5. The molecule has 0 saturated heterocycles. The number of anilines is 8. The maximum Gasteiger partial charge on any atom is 0.280 e. The Bertz CT molecular complexity index is 5890. The molecule has 4 aliphatic rings. The summed E-state index contributed by atoms with van der Waals surface area (Å²) in [6, 6.07) is 47.0. The van der Waals surface area contributed by atoms with Crippen molar-refractivity contribution >= 4 is 159 Å². The lowest BCUT2D eigenvalue weighted by Crippen LogP contribution is -2.34. The maximum absolute atomic E-state index is 13.7. The highest BCUT2D eigenvalue weighted by atomic mass is 32.1. The number of nitrogens with zero attached hydrogens (tertiary/aromatic N) is 16. The van der Waals surface area contributed by atoms with Gasteiger partial charge in [-0.25, -0.2) is 19.9 Å². The van der Waals surface area contributed by atoms with E-state index in [4.69, 9.17) is 19.9 Å². The molecule has 9 aromatic rings. The van der Waals surface area contributed by atoms with Gasteiger partial charge < -0.3 is 19.6 Å². The lowest BCUT2D eigenvalue weighted by Gasteiger charge is -2.30. The fourth-order valence-corrected chi connectivity index (χ4v) is 23.3. The van der Waals surface area contributed by atoms with Crippen LogP contribution in [0.3, 0.4) is 0 Å². The Balaban J connectivity index is 0.000000202. The number of thiazole rings is 4. The van der Waals surface area contributed by atoms with E-state index in [9.17, 15) is 19.2 Å². The second-order valence-corrected chi connectivity index (χ2v) is 47.1. The maximum atomic E-state index is 13.7. The zero-order valence-corrected chi connectivity index (χ0v) is 97.3. The van der Waals surface area contributed by atoms with Gasteiger partial charge in [-0.2, -0.15) is 40.4 Å². The van der Waals surface area contributed by atoms with Gasteiger partial charge in [0.1, 0.15) is 0 Å². The SMILES string of the molecule is CCCCC(CC)CN(CC(CC)CCCC)c1nc(C(C)(C)C)c(/C=C2\C(=O)N(c3ccccc3)N=C2C)s1.CCCCC(CC)CN(CC(CC)CCCC)c1nc(C(C)(C)C)c(/C=C2\C(=O)N(c3ccccc3C)N=C2C)s1.CCCCN(CCCC)c1nc(-c2ccccc2)c(/C=C2\C(=O)N(c3ccccc3)N=C2C)s1.CCCCN(CCCC)c1nc(C(C)(C)C)c(/C=C2\C(=O)N(c3ccccc3)N=C2C)s1. The monoisotopic (exact) mass is 2070 g/mol. The highest BCUT2D eigenvalue weighted by Crippen LogP contribution is 2.45. The number of hydrogen-bond acceptors (Lipinski definition) is 20. The van der Waals surface area contributed by atoms with Crippen molar-refractivity contribution in [1.82, 2.24) is 19.9 Å². The smallest absolute Gasteiger partial charge is 0.280 e.